The van der Waals surface area contributed by atoms with E-state index in [9.17, 15) is 5.11 Å². The zero-order valence-corrected chi connectivity index (χ0v) is 13.3. The maximum atomic E-state index is 10.9. The molecule has 20 heavy (non-hydrogen) atoms. The largest absolute Gasteiger partial charge is 0.390 e. The van der Waals surface area contributed by atoms with Crippen LogP contribution in [0.1, 0.15) is 52.5 Å². The zero-order chi connectivity index (χ0) is 15.0. The van der Waals surface area contributed by atoms with Crippen molar-refractivity contribution < 1.29 is 5.11 Å². The van der Waals surface area contributed by atoms with Crippen molar-refractivity contribution in [2.24, 2.45) is 11.8 Å². The summed E-state index contributed by atoms with van der Waals surface area (Å²) in [5.74, 6) is 0.802. The lowest BCUT2D eigenvalue weighted by molar-refractivity contribution is -0.0694. The second kappa shape index (κ2) is 5.37. The molecule has 0 saturated heterocycles. The first-order valence-corrected chi connectivity index (χ1v) is 7.68. The van der Waals surface area contributed by atoms with Crippen LogP contribution in [0.15, 0.2) is 42.5 Å². The molecular formula is C19H28O. The Hall–Kier alpha value is -1.08. The van der Waals surface area contributed by atoms with Crippen molar-refractivity contribution in [1.29, 1.82) is 0 Å². The number of hydrogen-bond acceptors (Lipinski definition) is 1. The van der Waals surface area contributed by atoms with Gasteiger partial charge in [0, 0.05) is 0 Å². The van der Waals surface area contributed by atoms with Crippen LogP contribution in [-0.2, 0) is 5.41 Å². The first-order chi connectivity index (χ1) is 9.25. The Labute approximate surface area is 123 Å². The molecule has 1 heteroatoms. The topological polar surface area (TPSA) is 20.2 Å². The van der Waals surface area contributed by atoms with Gasteiger partial charge in [0.1, 0.15) is 0 Å². The molecule has 0 aromatic heterocycles. The summed E-state index contributed by atoms with van der Waals surface area (Å²) < 4.78 is 0. The van der Waals surface area contributed by atoms with Crippen LogP contribution in [0.25, 0.3) is 0 Å². The van der Waals surface area contributed by atoms with Gasteiger partial charge in [-0.1, -0.05) is 56.3 Å². The van der Waals surface area contributed by atoms with E-state index >= 15 is 0 Å². The molecule has 1 fully saturated rings. The number of allylic oxidation sites excluding steroid dienone is 1. The van der Waals surface area contributed by atoms with E-state index in [1.54, 1.807) is 0 Å². The fourth-order valence-electron chi connectivity index (χ4n) is 3.89. The number of hydrogen-bond donors (Lipinski definition) is 1. The predicted octanol–water partition coefficient (Wildman–Crippen LogP) is 4.71. The maximum Gasteiger partial charge on any atom is 0.0656 e. The molecule has 1 aromatic carbocycles. The molecule has 0 aliphatic heterocycles. The van der Waals surface area contributed by atoms with Gasteiger partial charge in [0.15, 0.2) is 0 Å². The molecule has 0 amide bonds. The highest BCUT2D eigenvalue weighted by atomic mass is 16.3. The smallest absolute Gasteiger partial charge is 0.0656 e. The summed E-state index contributed by atoms with van der Waals surface area (Å²) in [6.07, 6.45) is 2.96. The molecule has 1 saturated carbocycles. The summed E-state index contributed by atoms with van der Waals surface area (Å²) in [4.78, 5) is 0. The standard InChI is InChI=1S/C19H28O/c1-14(2)15-11-12-19(5,20)17(13-15)18(3,4)16-9-7-6-8-10-16/h6-10,15,17,20H,1,11-13H2,2-5H3/t15-,17-,19+/m1/s1. The third-order valence-corrected chi connectivity index (χ3v) is 5.36. The molecule has 0 spiro atoms. The minimum atomic E-state index is -0.592. The highest BCUT2D eigenvalue weighted by Crippen LogP contribution is 2.48. The van der Waals surface area contributed by atoms with Crippen molar-refractivity contribution in [3.05, 3.63) is 48.0 Å². The Morgan fingerprint density at radius 1 is 1.30 bits per heavy atom. The maximum absolute atomic E-state index is 10.9. The molecule has 1 aromatic rings. The van der Waals surface area contributed by atoms with Crippen LogP contribution in [0.5, 0.6) is 0 Å². The van der Waals surface area contributed by atoms with E-state index in [4.69, 9.17) is 0 Å². The lowest BCUT2D eigenvalue weighted by Crippen LogP contribution is -2.49. The van der Waals surface area contributed by atoms with Crippen LogP contribution in [0.2, 0.25) is 0 Å². The molecular weight excluding hydrogens is 244 g/mol. The van der Waals surface area contributed by atoms with Crippen LogP contribution in [-0.4, -0.2) is 10.7 Å². The fourth-order valence-corrected chi connectivity index (χ4v) is 3.89. The fraction of sp³-hybridized carbons (Fsp3) is 0.579. The summed E-state index contributed by atoms with van der Waals surface area (Å²) >= 11 is 0. The van der Waals surface area contributed by atoms with Crippen LogP contribution >= 0.6 is 0 Å². The number of benzene rings is 1. The zero-order valence-electron chi connectivity index (χ0n) is 13.3. The van der Waals surface area contributed by atoms with Crippen molar-refractivity contribution in [3.8, 4) is 0 Å². The van der Waals surface area contributed by atoms with Gasteiger partial charge in [-0.15, -0.1) is 0 Å². The van der Waals surface area contributed by atoms with E-state index in [-0.39, 0.29) is 11.3 Å². The van der Waals surface area contributed by atoms with E-state index in [1.807, 2.05) is 6.92 Å². The molecule has 2 rings (SSSR count). The highest BCUT2D eigenvalue weighted by Gasteiger charge is 2.46. The van der Waals surface area contributed by atoms with Gasteiger partial charge < -0.3 is 5.11 Å². The lowest BCUT2D eigenvalue weighted by Gasteiger charge is -2.49. The van der Waals surface area contributed by atoms with Crippen molar-refractivity contribution in [3.63, 3.8) is 0 Å². The second-order valence-corrected chi connectivity index (χ2v) is 7.32. The molecule has 1 nitrogen and oxygen atoms in total. The van der Waals surface area contributed by atoms with Gasteiger partial charge in [-0.05, 0) is 55.9 Å². The van der Waals surface area contributed by atoms with Gasteiger partial charge in [-0.3, -0.25) is 0 Å². The molecule has 0 unspecified atom stereocenters. The average Bonchev–Trinajstić information content (AvgIpc) is 2.38. The molecule has 1 aliphatic rings. The van der Waals surface area contributed by atoms with Crippen molar-refractivity contribution >= 4 is 0 Å². The molecule has 0 heterocycles. The van der Waals surface area contributed by atoms with Gasteiger partial charge in [0.2, 0.25) is 0 Å². The van der Waals surface area contributed by atoms with Crippen LogP contribution in [0.3, 0.4) is 0 Å². The Kier molecular flexibility index (Phi) is 4.11. The molecule has 0 radical (unpaired) electrons. The minimum absolute atomic E-state index is 0.0289. The summed E-state index contributed by atoms with van der Waals surface area (Å²) in [6, 6.07) is 10.6. The van der Waals surface area contributed by atoms with Gasteiger partial charge in [0.25, 0.3) is 0 Å². The number of aliphatic hydroxyl groups is 1. The molecule has 0 bridgehead atoms. The Balaban J connectivity index is 2.34. The average molecular weight is 272 g/mol. The van der Waals surface area contributed by atoms with Gasteiger partial charge in [-0.2, -0.15) is 0 Å². The van der Waals surface area contributed by atoms with Crippen LogP contribution in [0.4, 0.5) is 0 Å². The first-order valence-electron chi connectivity index (χ1n) is 7.68. The lowest BCUT2D eigenvalue weighted by atomic mass is 9.58. The van der Waals surface area contributed by atoms with E-state index in [2.05, 4.69) is 57.7 Å². The predicted molar refractivity (Wildman–Crippen MR) is 85.7 cm³/mol. The number of rotatable bonds is 3. The van der Waals surface area contributed by atoms with E-state index in [0.717, 1.165) is 19.3 Å². The van der Waals surface area contributed by atoms with E-state index in [0.29, 0.717) is 5.92 Å². The normalized spacial score (nSPS) is 31.1. The van der Waals surface area contributed by atoms with Crippen molar-refractivity contribution in [1.82, 2.24) is 0 Å². The third-order valence-electron chi connectivity index (χ3n) is 5.36. The highest BCUT2D eigenvalue weighted by molar-refractivity contribution is 5.26. The van der Waals surface area contributed by atoms with E-state index in [1.165, 1.54) is 11.1 Å². The Morgan fingerprint density at radius 3 is 2.45 bits per heavy atom. The van der Waals surface area contributed by atoms with Crippen molar-refractivity contribution in [2.45, 2.75) is 58.0 Å². The molecule has 3 atom stereocenters. The van der Waals surface area contributed by atoms with Crippen molar-refractivity contribution in [2.75, 3.05) is 0 Å². The summed E-state index contributed by atoms with van der Waals surface area (Å²) in [6.45, 7) is 12.8. The summed E-state index contributed by atoms with van der Waals surface area (Å²) in [5, 5.41) is 10.9. The molecule has 1 N–H and O–H groups in total. The van der Waals surface area contributed by atoms with Crippen LogP contribution < -0.4 is 0 Å². The van der Waals surface area contributed by atoms with Crippen LogP contribution in [0, 0.1) is 11.8 Å². The van der Waals surface area contributed by atoms with Gasteiger partial charge >= 0.3 is 0 Å². The Morgan fingerprint density at radius 2 is 1.90 bits per heavy atom. The minimum Gasteiger partial charge on any atom is -0.390 e. The molecule has 1 aliphatic carbocycles. The third kappa shape index (κ3) is 2.83. The first kappa shape index (κ1) is 15.3. The second-order valence-electron chi connectivity index (χ2n) is 7.32. The Bertz CT molecular complexity index is 470. The summed E-state index contributed by atoms with van der Waals surface area (Å²) in [5.41, 5.74) is 1.95. The van der Waals surface area contributed by atoms with Gasteiger partial charge in [0.05, 0.1) is 5.60 Å². The quantitative estimate of drug-likeness (QED) is 0.790. The SMILES string of the molecule is C=C(C)[C@@H]1CC[C@](C)(O)[C@@H](C(C)(C)c2ccccc2)C1. The molecule has 110 valence electrons. The summed E-state index contributed by atoms with van der Waals surface area (Å²) in [7, 11) is 0. The monoisotopic (exact) mass is 272 g/mol. The van der Waals surface area contributed by atoms with Gasteiger partial charge in [-0.25, -0.2) is 0 Å². The van der Waals surface area contributed by atoms with E-state index < -0.39 is 5.60 Å².